The molecule has 1 saturated carbocycles. The fourth-order valence-electron chi connectivity index (χ4n) is 2.35. The fraction of sp³-hybridized carbons (Fsp3) is 0.467. The zero-order chi connectivity index (χ0) is 13.7. The average Bonchev–Trinajstić information content (AvgIpc) is 2.41. The molecule has 0 aromatic rings. The molecule has 4 heteroatoms. The molecule has 0 aromatic carbocycles. The highest BCUT2D eigenvalue weighted by Crippen LogP contribution is 2.24. The third-order valence-electron chi connectivity index (χ3n) is 3.38. The van der Waals surface area contributed by atoms with Crippen molar-refractivity contribution in [1.29, 1.82) is 0 Å². The van der Waals surface area contributed by atoms with Gasteiger partial charge in [-0.05, 0) is 30.7 Å². The number of rotatable bonds is 4. The quantitative estimate of drug-likeness (QED) is 0.761. The van der Waals surface area contributed by atoms with Crippen LogP contribution in [0.5, 0.6) is 0 Å². The molecule has 4 nitrogen and oxygen atoms in total. The normalized spacial score (nSPS) is 18.7. The van der Waals surface area contributed by atoms with Gasteiger partial charge in [-0.2, -0.15) is 0 Å². The molecular weight excluding hydrogens is 242 g/mol. The van der Waals surface area contributed by atoms with Crippen LogP contribution in [0, 0.1) is 5.92 Å². The van der Waals surface area contributed by atoms with Gasteiger partial charge in [0.25, 0.3) is 0 Å². The van der Waals surface area contributed by atoms with Gasteiger partial charge in [-0.1, -0.05) is 25.0 Å². The minimum Gasteiger partial charge on any atom is -0.481 e. The molecule has 0 atom stereocenters. The Morgan fingerprint density at radius 1 is 1.21 bits per heavy atom. The Morgan fingerprint density at radius 2 is 1.95 bits per heavy atom. The van der Waals surface area contributed by atoms with E-state index < -0.39 is 5.97 Å². The standard InChI is InChI=1S/C15H17NO3/c17-14(18)10-11-6-8-13(9-7-11)16-15(19)12-4-2-1-3-5-12/h6,8,12H,1-5,10H2,(H,16,19)(H,17,18). The number of carboxylic acid groups (broad SMARTS) is 1. The zero-order valence-corrected chi connectivity index (χ0v) is 10.7. The van der Waals surface area contributed by atoms with E-state index in [1.165, 1.54) is 6.42 Å². The lowest BCUT2D eigenvalue weighted by molar-refractivity contribution is -0.136. The van der Waals surface area contributed by atoms with Crippen LogP contribution in [0.4, 0.5) is 0 Å². The summed E-state index contributed by atoms with van der Waals surface area (Å²) < 4.78 is 0. The second kappa shape index (κ2) is 6.24. The van der Waals surface area contributed by atoms with Gasteiger partial charge in [-0.15, -0.1) is 0 Å². The lowest BCUT2D eigenvalue weighted by Gasteiger charge is -2.20. The maximum absolute atomic E-state index is 12.0. The van der Waals surface area contributed by atoms with Gasteiger partial charge in [0, 0.05) is 11.5 Å². The highest BCUT2D eigenvalue weighted by Gasteiger charge is 2.21. The molecule has 0 aliphatic heterocycles. The Hall–Kier alpha value is -2.02. The number of hydrogen-bond donors (Lipinski definition) is 2. The summed E-state index contributed by atoms with van der Waals surface area (Å²) in [4.78, 5) is 22.5. The average molecular weight is 259 g/mol. The van der Waals surface area contributed by atoms with Crippen molar-refractivity contribution in [2.45, 2.75) is 38.5 Å². The molecule has 2 rings (SSSR count). The number of carboxylic acids is 1. The topological polar surface area (TPSA) is 66.4 Å². The van der Waals surface area contributed by atoms with E-state index in [1.54, 1.807) is 12.2 Å². The molecule has 0 spiro atoms. The lowest BCUT2D eigenvalue weighted by atomic mass is 9.88. The monoisotopic (exact) mass is 259 g/mol. The molecule has 0 saturated heterocycles. The Kier molecular flexibility index (Phi) is 4.40. The number of aliphatic carboxylic acids is 1. The van der Waals surface area contributed by atoms with Crippen LogP contribution in [0.25, 0.3) is 0 Å². The Morgan fingerprint density at radius 3 is 2.53 bits per heavy atom. The third kappa shape index (κ3) is 3.99. The summed E-state index contributed by atoms with van der Waals surface area (Å²) in [5, 5.41) is 11.5. The number of allylic oxidation sites excluding steroid dienone is 2. The van der Waals surface area contributed by atoms with Crippen LogP contribution in [0.1, 0.15) is 38.5 Å². The van der Waals surface area contributed by atoms with Crippen molar-refractivity contribution < 1.29 is 14.7 Å². The van der Waals surface area contributed by atoms with Crippen molar-refractivity contribution in [3.63, 3.8) is 0 Å². The zero-order valence-electron chi connectivity index (χ0n) is 10.7. The van der Waals surface area contributed by atoms with Crippen LogP contribution in [0.15, 0.2) is 34.9 Å². The van der Waals surface area contributed by atoms with Gasteiger partial charge in [0.2, 0.25) is 5.91 Å². The Balaban J connectivity index is 1.98. The fourth-order valence-corrected chi connectivity index (χ4v) is 2.35. The summed E-state index contributed by atoms with van der Waals surface area (Å²) in [6, 6.07) is 0. The molecule has 2 aliphatic carbocycles. The molecule has 1 fully saturated rings. The molecule has 2 N–H and O–H groups in total. The van der Waals surface area contributed by atoms with Crippen molar-refractivity contribution in [2.24, 2.45) is 5.92 Å². The van der Waals surface area contributed by atoms with Crippen molar-refractivity contribution in [1.82, 2.24) is 5.32 Å². The van der Waals surface area contributed by atoms with Crippen molar-refractivity contribution in [3.8, 4) is 0 Å². The first kappa shape index (κ1) is 13.4. The maximum Gasteiger partial charge on any atom is 0.308 e. The molecule has 0 aromatic heterocycles. The molecule has 1 amide bonds. The van der Waals surface area contributed by atoms with Gasteiger partial charge in [0.1, 0.15) is 0 Å². The van der Waals surface area contributed by atoms with Crippen LogP contribution in [0.2, 0.25) is 0 Å². The second-order valence-electron chi connectivity index (χ2n) is 4.92. The predicted octanol–water partition coefficient (Wildman–Crippen LogP) is 2.29. The predicted molar refractivity (Wildman–Crippen MR) is 70.2 cm³/mol. The van der Waals surface area contributed by atoms with Gasteiger partial charge >= 0.3 is 5.97 Å². The van der Waals surface area contributed by atoms with Crippen LogP contribution >= 0.6 is 0 Å². The van der Waals surface area contributed by atoms with Gasteiger partial charge in [0.05, 0.1) is 12.1 Å². The van der Waals surface area contributed by atoms with E-state index in [-0.39, 0.29) is 18.2 Å². The summed E-state index contributed by atoms with van der Waals surface area (Å²) in [6.07, 6.45) is 8.60. The molecule has 0 bridgehead atoms. The van der Waals surface area contributed by atoms with E-state index in [0.29, 0.717) is 11.3 Å². The Bertz CT molecular complexity index is 512. The van der Waals surface area contributed by atoms with E-state index in [9.17, 15) is 9.59 Å². The Labute approximate surface area is 112 Å². The number of amides is 1. The maximum atomic E-state index is 12.0. The van der Waals surface area contributed by atoms with E-state index in [2.05, 4.69) is 16.8 Å². The highest BCUT2D eigenvalue weighted by molar-refractivity contribution is 5.81. The molecule has 19 heavy (non-hydrogen) atoms. The number of carbonyl (C=O) groups excluding carboxylic acids is 1. The minimum atomic E-state index is -0.899. The molecule has 0 heterocycles. The van der Waals surface area contributed by atoms with Gasteiger partial charge < -0.3 is 10.4 Å². The smallest absolute Gasteiger partial charge is 0.308 e. The van der Waals surface area contributed by atoms with E-state index >= 15 is 0 Å². The van der Waals surface area contributed by atoms with E-state index in [0.717, 1.165) is 25.7 Å². The highest BCUT2D eigenvalue weighted by atomic mass is 16.4. The number of hydrogen-bond acceptors (Lipinski definition) is 2. The molecule has 2 aliphatic rings. The van der Waals surface area contributed by atoms with Crippen molar-refractivity contribution in [3.05, 3.63) is 34.9 Å². The summed E-state index contributed by atoms with van der Waals surface area (Å²) in [5.74, 6) is -0.764. The number of nitrogens with one attached hydrogen (secondary N) is 1. The molecule has 100 valence electrons. The third-order valence-corrected chi connectivity index (χ3v) is 3.38. The molecular formula is C15H17NO3. The largest absolute Gasteiger partial charge is 0.481 e. The second-order valence-corrected chi connectivity index (χ2v) is 4.92. The van der Waals surface area contributed by atoms with Crippen LogP contribution < -0.4 is 5.32 Å². The van der Waals surface area contributed by atoms with E-state index in [4.69, 9.17) is 5.11 Å². The van der Waals surface area contributed by atoms with Gasteiger partial charge in [-0.25, -0.2) is 0 Å². The first-order valence-corrected chi connectivity index (χ1v) is 6.60. The SMILES string of the molecule is O=C(O)CC1=C=C=C(NC(=O)C2CCCCC2)C=C1. The first-order valence-electron chi connectivity index (χ1n) is 6.60. The lowest BCUT2D eigenvalue weighted by Crippen LogP contribution is -2.30. The van der Waals surface area contributed by atoms with Gasteiger partial charge in [-0.3, -0.25) is 9.59 Å². The summed E-state index contributed by atoms with van der Waals surface area (Å²) in [5.41, 5.74) is 6.67. The van der Waals surface area contributed by atoms with E-state index in [1.807, 2.05) is 0 Å². The summed E-state index contributed by atoms with van der Waals surface area (Å²) in [6.45, 7) is 0. The van der Waals surface area contributed by atoms with Crippen LogP contribution in [-0.4, -0.2) is 17.0 Å². The van der Waals surface area contributed by atoms with Crippen molar-refractivity contribution in [2.75, 3.05) is 0 Å². The number of carbonyl (C=O) groups is 2. The van der Waals surface area contributed by atoms with Crippen LogP contribution in [0.3, 0.4) is 0 Å². The summed E-state index contributed by atoms with van der Waals surface area (Å²) in [7, 11) is 0. The first-order chi connectivity index (χ1) is 9.15. The minimum absolute atomic E-state index is 0.0373. The van der Waals surface area contributed by atoms with Crippen LogP contribution in [-0.2, 0) is 9.59 Å². The molecule has 0 radical (unpaired) electrons. The summed E-state index contributed by atoms with van der Waals surface area (Å²) >= 11 is 0. The molecule has 0 unspecified atom stereocenters. The van der Waals surface area contributed by atoms with Gasteiger partial charge in [0.15, 0.2) is 0 Å². The van der Waals surface area contributed by atoms with Crippen molar-refractivity contribution >= 4 is 11.9 Å².